The molecule has 0 unspecified atom stereocenters. The molecule has 0 radical (unpaired) electrons. The number of amides is 2. The summed E-state index contributed by atoms with van der Waals surface area (Å²) in [4.78, 5) is 37.4. The van der Waals surface area contributed by atoms with E-state index in [9.17, 15) is 19.5 Å². The molecule has 0 spiro atoms. The second-order valence-electron chi connectivity index (χ2n) is 7.03. The molecule has 1 atom stereocenters. The second-order valence-corrected chi connectivity index (χ2v) is 7.03. The molecule has 28 heavy (non-hydrogen) atoms. The molecule has 2 N–H and O–H groups in total. The molecule has 1 aromatic heterocycles. The largest absolute Gasteiger partial charge is 0.480 e. The lowest BCUT2D eigenvalue weighted by Gasteiger charge is -2.21. The van der Waals surface area contributed by atoms with E-state index in [1.54, 1.807) is 18.2 Å². The first kappa shape index (κ1) is 18.0. The number of carboxylic acids is 1. The molecule has 7 nitrogen and oxygen atoms in total. The number of carbonyl (C=O) groups excluding carboxylic acids is 2. The number of carboxylic acid groups (broad SMARTS) is 1. The van der Waals surface area contributed by atoms with Crippen LogP contribution in [0.25, 0.3) is 21.9 Å². The first-order valence-electron chi connectivity index (χ1n) is 9.18. The van der Waals surface area contributed by atoms with E-state index >= 15 is 0 Å². The average Bonchev–Trinajstić information content (AvgIpc) is 3.31. The van der Waals surface area contributed by atoms with E-state index in [-0.39, 0.29) is 18.4 Å². The number of furan rings is 1. The van der Waals surface area contributed by atoms with Crippen molar-refractivity contribution in [2.24, 2.45) is 0 Å². The van der Waals surface area contributed by atoms with Crippen molar-refractivity contribution in [2.45, 2.75) is 25.8 Å². The highest BCUT2D eigenvalue weighted by atomic mass is 16.4. The van der Waals surface area contributed by atoms with Gasteiger partial charge in [0.2, 0.25) is 5.91 Å². The summed E-state index contributed by atoms with van der Waals surface area (Å²) < 4.78 is 5.87. The van der Waals surface area contributed by atoms with Gasteiger partial charge in [-0.05, 0) is 43.5 Å². The van der Waals surface area contributed by atoms with E-state index in [1.165, 1.54) is 4.90 Å². The van der Waals surface area contributed by atoms with Crippen molar-refractivity contribution < 1.29 is 23.9 Å². The average molecular weight is 380 g/mol. The summed E-state index contributed by atoms with van der Waals surface area (Å²) in [5.41, 5.74) is 2.92. The zero-order chi connectivity index (χ0) is 19.8. The van der Waals surface area contributed by atoms with Gasteiger partial charge in [0.1, 0.15) is 17.2 Å². The van der Waals surface area contributed by atoms with Gasteiger partial charge in [-0.15, -0.1) is 0 Å². The van der Waals surface area contributed by atoms with Crippen LogP contribution in [0.5, 0.6) is 0 Å². The molecule has 0 saturated carbocycles. The van der Waals surface area contributed by atoms with Gasteiger partial charge in [0.25, 0.3) is 5.91 Å². The molecular weight excluding hydrogens is 360 g/mol. The van der Waals surface area contributed by atoms with Gasteiger partial charge in [0.05, 0.1) is 6.54 Å². The Balaban J connectivity index is 1.51. The van der Waals surface area contributed by atoms with Gasteiger partial charge in [0, 0.05) is 22.9 Å². The predicted molar refractivity (Wildman–Crippen MR) is 103 cm³/mol. The van der Waals surface area contributed by atoms with Crippen molar-refractivity contribution in [1.29, 1.82) is 0 Å². The molecule has 1 aliphatic heterocycles. The second kappa shape index (κ2) is 6.99. The maximum atomic E-state index is 12.5. The predicted octanol–water partition coefficient (Wildman–Crippen LogP) is 2.70. The number of hydrogen-bond donors (Lipinski definition) is 2. The third kappa shape index (κ3) is 3.09. The molecule has 1 fully saturated rings. The number of aryl methyl sites for hydroxylation is 1. The normalized spacial score (nSPS) is 16.6. The summed E-state index contributed by atoms with van der Waals surface area (Å²) in [7, 11) is 0. The van der Waals surface area contributed by atoms with Crippen LogP contribution in [0.2, 0.25) is 0 Å². The summed E-state index contributed by atoms with van der Waals surface area (Å²) in [5, 5.41) is 13.6. The molecule has 2 aromatic carbocycles. The summed E-state index contributed by atoms with van der Waals surface area (Å²) in [5.74, 6) is -1.78. The Morgan fingerprint density at radius 2 is 2.04 bits per heavy atom. The standard InChI is InChI=1S/C21H20N2O5/c1-12-4-2-5-14-15-10-13(7-8-17(15)28-19(12)14)20(25)22-11-18(24)23-9-3-6-16(23)21(26)27/h2,4-5,7-8,10,16H,3,6,9,11H2,1H3,(H,22,25)(H,26,27)/t16-/m0/s1. The topological polar surface area (TPSA) is 99.9 Å². The fourth-order valence-electron chi connectivity index (χ4n) is 3.76. The molecule has 4 rings (SSSR count). The maximum absolute atomic E-state index is 12.5. The van der Waals surface area contributed by atoms with E-state index in [4.69, 9.17) is 4.42 Å². The number of hydrogen-bond acceptors (Lipinski definition) is 4. The molecule has 1 aliphatic rings. The van der Waals surface area contributed by atoms with Crippen molar-refractivity contribution >= 4 is 39.7 Å². The van der Waals surface area contributed by atoms with Crippen molar-refractivity contribution in [3.8, 4) is 0 Å². The summed E-state index contributed by atoms with van der Waals surface area (Å²) in [6.07, 6.45) is 1.10. The lowest BCUT2D eigenvalue weighted by molar-refractivity contribution is -0.147. The van der Waals surface area contributed by atoms with Crippen LogP contribution in [0.4, 0.5) is 0 Å². The van der Waals surface area contributed by atoms with Crippen molar-refractivity contribution in [3.05, 3.63) is 47.5 Å². The summed E-state index contributed by atoms with van der Waals surface area (Å²) >= 11 is 0. The van der Waals surface area contributed by atoms with Crippen LogP contribution in [0.1, 0.15) is 28.8 Å². The Hall–Kier alpha value is -3.35. The molecule has 2 amide bonds. The van der Waals surface area contributed by atoms with Crippen LogP contribution in [0.3, 0.4) is 0 Å². The molecule has 0 bridgehead atoms. The van der Waals surface area contributed by atoms with Crippen molar-refractivity contribution in [3.63, 3.8) is 0 Å². The molecule has 0 aliphatic carbocycles. The van der Waals surface area contributed by atoms with Gasteiger partial charge in [-0.25, -0.2) is 4.79 Å². The maximum Gasteiger partial charge on any atom is 0.326 e. The third-order valence-corrected chi connectivity index (χ3v) is 5.21. The Bertz CT molecular complexity index is 1100. The third-order valence-electron chi connectivity index (χ3n) is 5.21. The monoisotopic (exact) mass is 380 g/mol. The fraction of sp³-hybridized carbons (Fsp3) is 0.286. The van der Waals surface area contributed by atoms with Gasteiger partial charge in [-0.1, -0.05) is 18.2 Å². The number of benzene rings is 2. The van der Waals surface area contributed by atoms with Gasteiger partial charge in [-0.3, -0.25) is 9.59 Å². The molecular formula is C21H20N2O5. The highest BCUT2D eigenvalue weighted by Gasteiger charge is 2.33. The number of aliphatic carboxylic acids is 1. The highest BCUT2D eigenvalue weighted by Crippen LogP contribution is 2.31. The van der Waals surface area contributed by atoms with Crippen molar-refractivity contribution in [1.82, 2.24) is 10.2 Å². The molecule has 7 heteroatoms. The summed E-state index contributed by atoms with van der Waals surface area (Å²) in [6.45, 7) is 2.14. The fourth-order valence-corrected chi connectivity index (χ4v) is 3.76. The van der Waals surface area contributed by atoms with Crippen LogP contribution in [0.15, 0.2) is 40.8 Å². The van der Waals surface area contributed by atoms with Crippen LogP contribution in [-0.2, 0) is 9.59 Å². The van der Waals surface area contributed by atoms with Crippen LogP contribution >= 0.6 is 0 Å². The number of para-hydroxylation sites is 1. The number of nitrogens with zero attached hydrogens (tertiary/aromatic N) is 1. The first-order chi connectivity index (χ1) is 13.5. The molecule has 2 heterocycles. The van der Waals surface area contributed by atoms with Crippen LogP contribution < -0.4 is 5.32 Å². The zero-order valence-corrected chi connectivity index (χ0v) is 15.4. The smallest absolute Gasteiger partial charge is 0.326 e. The van der Waals surface area contributed by atoms with Gasteiger partial charge in [-0.2, -0.15) is 0 Å². The Morgan fingerprint density at radius 1 is 1.21 bits per heavy atom. The minimum absolute atomic E-state index is 0.230. The van der Waals surface area contributed by atoms with E-state index in [0.29, 0.717) is 30.5 Å². The quantitative estimate of drug-likeness (QED) is 0.725. The first-order valence-corrected chi connectivity index (χ1v) is 9.18. The zero-order valence-electron chi connectivity index (χ0n) is 15.4. The van der Waals surface area contributed by atoms with Gasteiger partial charge in [0.15, 0.2) is 0 Å². The SMILES string of the molecule is Cc1cccc2c1oc1ccc(C(=O)NCC(=O)N3CCC[C@H]3C(=O)O)cc12. The van der Waals surface area contributed by atoms with Gasteiger partial charge < -0.3 is 19.7 Å². The minimum Gasteiger partial charge on any atom is -0.480 e. The number of carbonyl (C=O) groups is 3. The molecule has 3 aromatic rings. The molecule has 144 valence electrons. The van der Waals surface area contributed by atoms with E-state index in [0.717, 1.165) is 21.9 Å². The number of rotatable bonds is 4. The number of fused-ring (bicyclic) bond motifs is 3. The van der Waals surface area contributed by atoms with E-state index < -0.39 is 12.0 Å². The number of likely N-dealkylation sites (tertiary alicyclic amines) is 1. The Kier molecular flexibility index (Phi) is 4.50. The van der Waals surface area contributed by atoms with E-state index in [2.05, 4.69) is 5.32 Å². The highest BCUT2D eigenvalue weighted by molar-refractivity contribution is 6.09. The Morgan fingerprint density at radius 3 is 2.82 bits per heavy atom. The minimum atomic E-state index is -1.01. The van der Waals surface area contributed by atoms with Crippen molar-refractivity contribution in [2.75, 3.05) is 13.1 Å². The number of nitrogens with one attached hydrogen (secondary N) is 1. The van der Waals surface area contributed by atoms with E-state index in [1.807, 2.05) is 25.1 Å². The Labute approximate surface area is 160 Å². The lowest BCUT2D eigenvalue weighted by Crippen LogP contribution is -2.45. The van der Waals surface area contributed by atoms with Gasteiger partial charge >= 0.3 is 5.97 Å². The van der Waals surface area contributed by atoms with Crippen LogP contribution in [0, 0.1) is 6.92 Å². The summed E-state index contributed by atoms with van der Waals surface area (Å²) in [6, 6.07) is 10.2. The molecule has 1 saturated heterocycles. The van der Waals surface area contributed by atoms with Crippen LogP contribution in [-0.4, -0.2) is 46.9 Å². The lowest BCUT2D eigenvalue weighted by atomic mass is 10.1.